The molecule has 0 aromatic carbocycles. The maximum Gasteiger partial charge on any atom is 0.138 e. The van der Waals surface area contributed by atoms with Gasteiger partial charge in [-0.25, -0.2) is 0 Å². The first-order valence-corrected chi connectivity index (χ1v) is 8.19. The first kappa shape index (κ1) is 15.8. The first-order valence-electron chi connectivity index (χ1n) is 6.11. The van der Waals surface area contributed by atoms with Gasteiger partial charge in [-0.2, -0.15) is 0 Å². The minimum absolute atomic E-state index is 0.251. The summed E-state index contributed by atoms with van der Waals surface area (Å²) >= 11 is 0. The van der Waals surface area contributed by atoms with E-state index in [4.69, 9.17) is 0 Å². The zero-order valence-corrected chi connectivity index (χ0v) is 12.2. The third kappa shape index (κ3) is 5.75. The van der Waals surface area contributed by atoms with Crippen molar-refractivity contribution in [2.24, 2.45) is 5.41 Å². The Morgan fingerprint density at radius 2 is 1.69 bits per heavy atom. The molecule has 0 aromatic heterocycles. The van der Waals surface area contributed by atoms with Crippen LogP contribution in [0.2, 0.25) is 0 Å². The molecule has 1 N–H and O–H groups in total. The van der Waals surface area contributed by atoms with Gasteiger partial charge in [-0.1, -0.05) is 44.7 Å². The van der Waals surface area contributed by atoms with Gasteiger partial charge in [-0.3, -0.25) is 13.7 Å². The highest BCUT2D eigenvalue weighted by Gasteiger charge is 2.20. The maximum atomic E-state index is 12.0. The van der Waals surface area contributed by atoms with Crippen molar-refractivity contribution in [3.63, 3.8) is 0 Å². The second-order valence-electron chi connectivity index (χ2n) is 5.21. The van der Waals surface area contributed by atoms with Crippen LogP contribution < -0.4 is 4.72 Å². The summed E-state index contributed by atoms with van der Waals surface area (Å²) in [6.07, 6.45) is 1.35. The Kier molecular flexibility index (Phi) is 6.41. The van der Waals surface area contributed by atoms with Gasteiger partial charge in [0.2, 0.25) is 0 Å². The van der Waals surface area contributed by atoms with E-state index in [2.05, 4.69) is 4.72 Å². The van der Waals surface area contributed by atoms with Crippen molar-refractivity contribution < 1.29 is 9.00 Å². The number of hydrogen-bond donors (Lipinski definition) is 2. The van der Waals surface area contributed by atoms with E-state index in [9.17, 15) is 9.00 Å². The molecule has 0 fully saturated rings. The van der Waals surface area contributed by atoms with Crippen molar-refractivity contribution in [1.82, 2.24) is 4.72 Å². The monoisotopic (exact) mass is 249 g/mol. The van der Waals surface area contributed by atoms with Crippen molar-refractivity contribution in [3.8, 4) is 0 Å². The fraction of sp³-hybridized carbons (Fsp3) is 0.917. The molecule has 0 aliphatic heterocycles. The Morgan fingerprint density at radius 3 is 2.06 bits per heavy atom. The lowest BCUT2D eigenvalue weighted by Crippen LogP contribution is -2.36. The van der Waals surface area contributed by atoms with E-state index in [1.807, 2.05) is 34.6 Å². The molecule has 16 heavy (non-hydrogen) atoms. The molecule has 0 heterocycles. The van der Waals surface area contributed by atoms with Crippen LogP contribution in [-0.4, -0.2) is 28.0 Å². The number of carbonyl (C=O) groups is 1. The predicted octanol–water partition coefficient (Wildman–Crippen LogP) is 1.94. The van der Waals surface area contributed by atoms with Gasteiger partial charge in [0, 0.05) is 29.9 Å². The summed E-state index contributed by atoms with van der Waals surface area (Å²) in [7, 11) is -2.14. The van der Waals surface area contributed by atoms with Crippen LogP contribution in [0.5, 0.6) is 0 Å². The summed E-state index contributed by atoms with van der Waals surface area (Å²) in [5, 5.41) is 0. The zero-order valence-electron chi connectivity index (χ0n) is 11.3. The van der Waals surface area contributed by atoms with E-state index < -0.39 is 10.1 Å². The van der Waals surface area contributed by atoms with E-state index >= 15 is 0 Å². The molecule has 0 aliphatic carbocycles. The molecule has 0 saturated heterocycles. The number of rotatable bonds is 7. The van der Waals surface area contributed by atoms with Crippen LogP contribution in [0.15, 0.2) is 0 Å². The van der Waals surface area contributed by atoms with Crippen molar-refractivity contribution >= 4 is 15.9 Å². The largest absolute Gasteiger partial charge is 0.299 e. The smallest absolute Gasteiger partial charge is 0.138 e. The Balaban J connectivity index is 3.86. The predicted molar refractivity (Wildman–Crippen MR) is 72.3 cm³/mol. The first-order chi connectivity index (χ1) is 7.25. The van der Waals surface area contributed by atoms with E-state index in [0.29, 0.717) is 24.5 Å². The molecule has 0 bridgehead atoms. The van der Waals surface area contributed by atoms with Gasteiger partial charge < -0.3 is 0 Å². The second kappa shape index (κ2) is 6.50. The topological polar surface area (TPSA) is 46.2 Å². The van der Waals surface area contributed by atoms with E-state index in [0.717, 1.165) is 6.42 Å². The third-order valence-electron chi connectivity index (χ3n) is 2.84. The van der Waals surface area contributed by atoms with Gasteiger partial charge in [0.25, 0.3) is 0 Å². The standard InChI is InChI=1S/C12H27NO2S/c1-6-16(15,7-2)13-10-8-9-11(14)12(3,4)5/h16H,6-10H2,1-5H3,(H,13,15). The molecule has 4 heteroatoms. The number of carbonyl (C=O) groups excluding carboxylic acids is 1. The Labute approximate surface area is 101 Å². The highest BCUT2D eigenvalue weighted by molar-refractivity contribution is 8.01. The van der Waals surface area contributed by atoms with E-state index in [1.54, 1.807) is 0 Å². The number of Topliss-reactive ketones (excluding diaryl/α,β-unsaturated/α-hetero) is 1. The Hall–Kier alpha value is -0.220. The quantitative estimate of drug-likeness (QED) is 0.535. The zero-order chi connectivity index (χ0) is 12.8. The van der Waals surface area contributed by atoms with Crippen LogP contribution >= 0.6 is 0 Å². The van der Waals surface area contributed by atoms with Crippen molar-refractivity contribution in [2.45, 2.75) is 47.5 Å². The van der Waals surface area contributed by atoms with Gasteiger partial charge in [0.15, 0.2) is 0 Å². The summed E-state index contributed by atoms with van der Waals surface area (Å²) in [5.41, 5.74) is -0.251. The maximum absolute atomic E-state index is 12.0. The lowest BCUT2D eigenvalue weighted by molar-refractivity contribution is -0.126. The molecular formula is C12H27NO2S. The molecule has 0 unspecified atom stereocenters. The fourth-order valence-corrected chi connectivity index (χ4v) is 2.81. The van der Waals surface area contributed by atoms with Gasteiger partial charge >= 0.3 is 0 Å². The van der Waals surface area contributed by atoms with E-state index in [-0.39, 0.29) is 11.2 Å². The highest BCUT2D eigenvalue weighted by Crippen LogP contribution is 2.17. The summed E-state index contributed by atoms with van der Waals surface area (Å²) in [4.78, 5) is 11.6. The van der Waals surface area contributed by atoms with Crippen LogP contribution in [0.25, 0.3) is 0 Å². The van der Waals surface area contributed by atoms with Crippen molar-refractivity contribution in [3.05, 3.63) is 0 Å². The molecular weight excluding hydrogens is 222 g/mol. The lowest BCUT2D eigenvalue weighted by atomic mass is 9.88. The molecule has 0 radical (unpaired) electrons. The lowest BCUT2D eigenvalue weighted by Gasteiger charge is -2.22. The normalized spacial score (nSPS) is 13.8. The van der Waals surface area contributed by atoms with Crippen molar-refractivity contribution in [2.75, 3.05) is 18.1 Å². The molecule has 0 spiro atoms. The summed E-state index contributed by atoms with van der Waals surface area (Å²) < 4.78 is 15.1. The molecule has 0 saturated carbocycles. The Morgan fingerprint density at radius 1 is 1.19 bits per heavy atom. The molecule has 0 aromatic rings. The number of thiol groups is 1. The van der Waals surface area contributed by atoms with Gasteiger partial charge in [-0.05, 0) is 6.42 Å². The summed E-state index contributed by atoms with van der Waals surface area (Å²) in [5.74, 6) is 1.66. The molecule has 0 atom stereocenters. The molecule has 0 aliphatic rings. The van der Waals surface area contributed by atoms with Crippen LogP contribution in [0.4, 0.5) is 0 Å². The third-order valence-corrected chi connectivity index (χ3v) is 5.68. The summed E-state index contributed by atoms with van der Waals surface area (Å²) in [6.45, 7) is 10.4. The Bertz CT molecular complexity index is 261. The summed E-state index contributed by atoms with van der Waals surface area (Å²) in [6, 6.07) is 0. The average molecular weight is 249 g/mol. The molecule has 3 nitrogen and oxygen atoms in total. The molecule has 98 valence electrons. The van der Waals surface area contributed by atoms with Crippen molar-refractivity contribution in [1.29, 1.82) is 0 Å². The average Bonchev–Trinajstić information content (AvgIpc) is 2.22. The number of ketones is 1. The molecule has 0 rings (SSSR count). The second-order valence-corrected chi connectivity index (χ2v) is 8.57. The minimum atomic E-state index is -2.14. The number of nitrogens with one attached hydrogen (secondary N) is 1. The minimum Gasteiger partial charge on any atom is -0.299 e. The van der Waals surface area contributed by atoms with Crippen LogP contribution in [-0.2, 0) is 14.9 Å². The number of hydrogen-bond acceptors (Lipinski definition) is 2. The highest BCUT2D eigenvalue weighted by atomic mass is 32.3. The molecule has 0 amide bonds. The van der Waals surface area contributed by atoms with Crippen LogP contribution in [0, 0.1) is 5.41 Å². The van der Waals surface area contributed by atoms with Gasteiger partial charge in [0.1, 0.15) is 5.78 Å². The fourth-order valence-electron chi connectivity index (χ4n) is 1.35. The van der Waals surface area contributed by atoms with Gasteiger partial charge in [-0.15, -0.1) is 0 Å². The van der Waals surface area contributed by atoms with Crippen LogP contribution in [0.1, 0.15) is 47.5 Å². The SMILES string of the molecule is CC[SH](=O)(CC)NCCCC(=O)C(C)(C)C. The van der Waals surface area contributed by atoms with E-state index in [1.165, 1.54) is 0 Å². The van der Waals surface area contributed by atoms with Crippen LogP contribution in [0.3, 0.4) is 0 Å². The van der Waals surface area contributed by atoms with Gasteiger partial charge in [0.05, 0.1) is 0 Å².